The lowest BCUT2D eigenvalue weighted by atomic mass is 9.97. The second-order valence-corrected chi connectivity index (χ2v) is 8.22. The van der Waals surface area contributed by atoms with Gasteiger partial charge in [-0.1, -0.05) is 37.6 Å². The van der Waals surface area contributed by atoms with E-state index in [0.29, 0.717) is 35.6 Å². The van der Waals surface area contributed by atoms with Crippen LogP contribution in [0.3, 0.4) is 0 Å². The summed E-state index contributed by atoms with van der Waals surface area (Å²) in [7, 11) is 3.19. The van der Waals surface area contributed by atoms with E-state index in [1.165, 1.54) is 0 Å². The molecule has 2 aromatic rings. The average molecular weight is 420 g/mol. The average Bonchev–Trinajstić information content (AvgIpc) is 2.89. The first-order valence-electron chi connectivity index (χ1n) is 9.98. The van der Waals surface area contributed by atoms with E-state index in [0.717, 1.165) is 42.0 Å². The van der Waals surface area contributed by atoms with Gasteiger partial charge in [0, 0.05) is 25.2 Å². The maximum Gasteiger partial charge on any atom is 0.179 e. The molecule has 6 heteroatoms. The van der Waals surface area contributed by atoms with Gasteiger partial charge in [-0.15, -0.1) is 0 Å². The fourth-order valence-electron chi connectivity index (χ4n) is 3.69. The monoisotopic (exact) mass is 419 g/mol. The van der Waals surface area contributed by atoms with Crippen LogP contribution in [0.4, 0.5) is 0 Å². The summed E-state index contributed by atoms with van der Waals surface area (Å²) in [5, 5.41) is 11.1. The van der Waals surface area contributed by atoms with Crippen LogP contribution in [0.5, 0.6) is 17.2 Å². The van der Waals surface area contributed by atoms with Crippen molar-refractivity contribution >= 4 is 11.6 Å². The Morgan fingerprint density at radius 1 is 1.17 bits per heavy atom. The number of hydrogen-bond donors (Lipinski definition) is 1. The summed E-state index contributed by atoms with van der Waals surface area (Å²) in [6.07, 6.45) is 0.280. The molecule has 3 rings (SSSR count). The topological polar surface area (TPSA) is 51.2 Å². The number of ether oxygens (including phenoxy) is 3. The summed E-state index contributed by atoms with van der Waals surface area (Å²) in [6.45, 7) is 7.01. The molecule has 0 spiro atoms. The first-order chi connectivity index (χ1) is 13.9. The molecule has 1 N–H and O–H groups in total. The van der Waals surface area contributed by atoms with Crippen LogP contribution in [-0.4, -0.2) is 37.4 Å². The number of rotatable bonds is 7. The van der Waals surface area contributed by atoms with Crippen molar-refractivity contribution in [2.24, 2.45) is 5.92 Å². The van der Waals surface area contributed by atoms with Gasteiger partial charge >= 0.3 is 0 Å². The van der Waals surface area contributed by atoms with Gasteiger partial charge < -0.3 is 19.3 Å². The first kappa shape index (κ1) is 21.8. The predicted octanol–water partition coefficient (Wildman–Crippen LogP) is 4.83. The molecule has 1 unspecified atom stereocenters. The molecule has 1 aliphatic heterocycles. The highest BCUT2D eigenvalue weighted by molar-refractivity contribution is 6.33. The van der Waals surface area contributed by atoms with Crippen LogP contribution in [-0.2, 0) is 13.1 Å². The highest BCUT2D eigenvalue weighted by atomic mass is 35.5. The minimum absolute atomic E-state index is 0.434. The van der Waals surface area contributed by atoms with Gasteiger partial charge in [-0.2, -0.15) is 0 Å². The van der Waals surface area contributed by atoms with Crippen molar-refractivity contribution in [2.45, 2.75) is 39.5 Å². The summed E-state index contributed by atoms with van der Waals surface area (Å²) in [5.74, 6) is 2.49. The molecule has 0 saturated heterocycles. The van der Waals surface area contributed by atoms with Gasteiger partial charge in [0.1, 0.15) is 12.4 Å². The van der Waals surface area contributed by atoms with Crippen molar-refractivity contribution in [3.63, 3.8) is 0 Å². The SMILES string of the molecule is COc1ccc(CN2CCOc3ccc(C(O)CC(C)C)cc3C2)c(Cl)c1OC. The maximum atomic E-state index is 10.5. The Hall–Kier alpha value is -1.95. The Kier molecular flexibility index (Phi) is 7.28. The zero-order valence-corrected chi connectivity index (χ0v) is 18.3. The van der Waals surface area contributed by atoms with Gasteiger partial charge in [-0.3, -0.25) is 4.90 Å². The second kappa shape index (κ2) is 9.70. The van der Waals surface area contributed by atoms with Crippen LogP contribution >= 0.6 is 11.6 Å². The Morgan fingerprint density at radius 3 is 2.66 bits per heavy atom. The van der Waals surface area contributed by atoms with Gasteiger partial charge in [0.2, 0.25) is 0 Å². The molecule has 0 aromatic heterocycles. The Bertz CT molecular complexity index is 840. The molecule has 5 nitrogen and oxygen atoms in total. The van der Waals surface area contributed by atoms with Gasteiger partial charge in [0.05, 0.1) is 25.3 Å². The molecule has 1 aliphatic rings. The lowest BCUT2D eigenvalue weighted by Crippen LogP contribution is -2.25. The summed E-state index contributed by atoms with van der Waals surface area (Å²) in [6, 6.07) is 9.85. The minimum atomic E-state index is -0.461. The molecule has 158 valence electrons. The second-order valence-electron chi connectivity index (χ2n) is 7.85. The third kappa shape index (κ3) is 5.16. The van der Waals surface area contributed by atoms with E-state index >= 15 is 0 Å². The van der Waals surface area contributed by atoms with Crippen LogP contribution in [0.15, 0.2) is 30.3 Å². The normalized spacial score (nSPS) is 15.4. The van der Waals surface area contributed by atoms with Crippen molar-refractivity contribution in [3.05, 3.63) is 52.0 Å². The van der Waals surface area contributed by atoms with Crippen molar-refractivity contribution in [1.29, 1.82) is 0 Å². The fraction of sp³-hybridized carbons (Fsp3) is 0.478. The number of aliphatic hydroxyl groups is 1. The summed E-state index contributed by atoms with van der Waals surface area (Å²) in [5.41, 5.74) is 3.00. The molecule has 1 atom stereocenters. The number of methoxy groups -OCH3 is 2. The number of halogens is 1. The number of benzene rings is 2. The van der Waals surface area contributed by atoms with Gasteiger partial charge in [0.25, 0.3) is 0 Å². The van der Waals surface area contributed by atoms with Crippen LogP contribution < -0.4 is 14.2 Å². The zero-order chi connectivity index (χ0) is 21.0. The van der Waals surface area contributed by atoms with Crippen molar-refractivity contribution in [2.75, 3.05) is 27.4 Å². The quantitative estimate of drug-likeness (QED) is 0.696. The molecule has 0 bridgehead atoms. The van der Waals surface area contributed by atoms with Crippen LogP contribution in [0.1, 0.15) is 43.1 Å². The van der Waals surface area contributed by atoms with Crippen molar-refractivity contribution in [1.82, 2.24) is 4.90 Å². The van der Waals surface area contributed by atoms with Crippen molar-refractivity contribution in [3.8, 4) is 17.2 Å². The zero-order valence-electron chi connectivity index (χ0n) is 17.6. The molecule has 0 fully saturated rings. The van der Waals surface area contributed by atoms with Crippen LogP contribution in [0, 0.1) is 5.92 Å². The van der Waals surface area contributed by atoms with E-state index in [1.54, 1.807) is 14.2 Å². The highest BCUT2D eigenvalue weighted by Gasteiger charge is 2.20. The summed E-state index contributed by atoms with van der Waals surface area (Å²) in [4.78, 5) is 2.29. The highest BCUT2D eigenvalue weighted by Crippen LogP contribution is 2.38. The third-order valence-corrected chi connectivity index (χ3v) is 5.60. The number of nitrogens with zero attached hydrogens (tertiary/aromatic N) is 1. The largest absolute Gasteiger partial charge is 0.493 e. The summed E-state index contributed by atoms with van der Waals surface area (Å²) < 4.78 is 16.7. The smallest absolute Gasteiger partial charge is 0.179 e. The fourth-order valence-corrected chi connectivity index (χ4v) is 3.98. The number of hydrogen-bond acceptors (Lipinski definition) is 5. The Labute approximate surface area is 178 Å². The number of aliphatic hydroxyl groups excluding tert-OH is 1. The van der Waals surface area contributed by atoms with E-state index in [-0.39, 0.29) is 0 Å². The standard InChI is InChI=1S/C23H30ClNO4/c1-15(2)11-19(26)16-5-7-20-18(12-16)14-25(9-10-29-20)13-17-6-8-21(27-3)23(28-4)22(17)24/h5-8,12,15,19,26H,9-11,13-14H2,1-4H3. The molecule has 1 heterocycles. The first-order valence-corrected chi connectivity index (χ1v) is 10.4. The predicted molar refractivity (Wildman–Crippen MR) is 115 cm³/mol. The lowest BCUT2D eigenvalue weighted by molar-refractivity contribution is 0.151. The van der Waals surface area contributed by atoms with Crippen LogP contribution in [0.2, 0.25) is 5.02 Å². The molecular formula is C23H30ClNO4. The molecular weight excluding hydrogens is 390 g/mol. The van der Waals surface area contributed by atoms with E-state index in [9.17, 15) is 5.11 Å². The maximum absolute atomic E-state index is 10.5. The third-order valence-electron chi connectivity index (χ3n) is 5.18. The minimum Gasteiger partial charge on any atom is -0.493 e. The van der Waals surface area contributed by atoms with E-state index in [1.807, 2.05) is 24.3 Å². The van der Waals surface area contributed by atoms with E-state index < -0.39 is 6.10 Å². The molecule has 0 saturated carbocycles. The molecule has 2 aromatic carbocycles. The molecule has 0 amide bonds. The van der Waals surface area contributed by atoms with Gasteiger partial charge in [-0.05, 0) is 41.7 Å². The van der Waals surface area contributed by atoms with Gasteiger partial charge in [0.15, 0.2) is 11.5 Å². The van der Waals surface area contributed by atoms with Crippen LogP contribution in [0.25, 0.3) is 0 Å². The lowest BCUT2D eigenvalue weighted by Gasteiger charge is -2.22. The van der Waals surface area contributed by atoms with Gasteiger partial charge in [-0.25, -0.2) is 0 Å². The Morgan fingerprint density at radius 2 is 1.97 bits per heavy atom. The molecule has 29 heavy (non-hydrogen) atoms. The number of fused-ring (bicyclic) bond motifs is 1. The van der Waals surface area contributed by atoms with Crippen molar-refractivity contribution < 1.29 is 19.3 Å². The van der Waals surface area contributed by atoms with E-state index in [2.05, 4.69) is 24.8 Å². The summed E-state index contributed by atoms with van der Waals surface area (Å²) >= 11 is 6.57. The molecule has 0 aliphatic carbocycles. The Balaban J connectivity index is 1.81. The van der Waals surface area contributed by atoms with E-state index in [4.69, 9.17) is 25.8 Å². The molecule has 0 radical (unpaired) electrons.